The standard InChI is InChI=1S/C10H17NO2/c1-3-10(11-4-2)13-9-5-7-12-8-6-9/h3-4,9H,5-8H2,1-2H3/b10-3+,11-4-. The highest BCUT2D eigenvalue weighted by atomic mass is 16.5. The van der Waals surface area contributed by atoms with E-state index in [1.165, 1.54) is 0 Å². The Bertz CT molecular complexity index is 193. The number of hydrogen-bond donors (Lipinski definition) is 0. The molecule has 3 heteroatoms. The van der Waals surface area contributed by atoms with Crippen LogP contribution in [0.15, 0.2) is 17.0 Å². The molecule has 1 aliphatic rings. The second-order valence-electron chi connectivity index (χ2n) is 2.94. The molecule has 1 fully saturated rings. The molecule has 0 spiro atoms. The molecular formula is C10H17NO2. The Labute approximate surface area is 79.5 Å². The second-order valence-corrected chi connectivity index (χ2v) is 2.94. The van der Waals surface area contributed by atoms with Gasteiger partial charge >= 0.3 is 0 Å². The molecule has 3 nitrogen and oxygen atoms in total. The number of hydrogen-bond acceptors (Lipinski definition) is 3. The molecule has 0 aromatic rings. The van der Waals surface area contributed by atoms with Crippen LogP contribution in [-0.2, 0) is 9.47 Å². The van der Waals surface area contributed by atoms with E-state index in [-0.39, 0.29) is 6.10 Å². The Balaban J connectivity index is 2.36. The third-order valence-electron chi connectivity index (χ3n) is 1.96. The highest BCUT2D eigenvalue weighted by Gasteiger charge is 2.15. The lowest BCUT2D eigenvalue weighted by atomic mass is 10.2. The van der Waals surface area contributed by atoms with E-state index in [9.17, 15) is 0 Å². The van der Waals surface area contributed by atoms with Crippen LogP contribution in [0.25, 0.3) is 0 Å². The van der Waals surface area contributed by atoms with Crippen LogP contribution in [0.1, 0.15) is 26.7 Å². The molecule has 74 valence electrons. The van der Waals surface area contributed by atoms with E-state index in [0.717, 1.165) is 31.9 Å². The number of rotatable bonds is 3. The van der Waals surface area contributed by atoms with Gasteiger partial charge in [-0.25, -0.2) is 4.99 Å². The molecule has 0 aliphatic carbocycles. The van der Waals surface area contributed by atoms with Gasteiger partial charge in [-0.1, -0.05) is 0 Å². The molecule has 0 atom stereocenters. The molecule has 0 saturated carbocycles. The second kappa shape index (κ2) is 5.75. The SMILES string of the molecule is C/C=N\C(=C/C)OC1CCOCC1. The summed E-state index contributed by atoms with van der Waals surface area (Å²) >= 11 is 0. The van der Waals surface area contributed by atoms with Crippen molar-refractivity contribution in [3.63, 3.8) is 0 Å². The fourth-order valence-electron chi connectivity index (χ4n) is 1.26. The summed E-state index contributed by atoms with van der Waals surface area (Å²) < 4.78 is 10.9. The molecule has 0 unspecified atom stereocenters. The minimum Gasteiger partial charge on any atom is -0.474 e. The van der Waals surface area contributed by atoms with Crippen LogP contribution in [0, 0.1) is 0 Å². The van der Waals surface area contributed by atoms with Crippen molar-refractivity contribution in [2.75, 3.05) is 13.2 Å². The lowest BCUT2D eigenvalue weighted by molar-refractivity contribution is -0.00440. The summed E-state index contributed by atoms with van der Waals surface area (Å²) in [7, 11) is 0. The molecule has 1 rings (SSSR count). The van der Waals surface area contributed by atoms with Crippen LogP contribution in [0.3, 0.4) is 0 Å². The van der Waals surface area contributed by atoms with Gasteiger partial charge in [0.15, 0.2) is 0 Å². The van der Waals surface area contributed by atoms with Crippen molar-refractivity contribution in [2.24, 2.45) is 4.99 Å². The van der Waals surface area contributed by atoms with Crippen LogP contribution in [0.4, 0.5) is 0 Å². The largest absolute Gasteiger partial charge is 0.474 e. The summed E-state index contributed by atoms with van der Waals surface area (Å²) in [5.41, 5.74) is 0. The van der Waals surface area contributed by atoms with E-state index >= 15 is 0 Å². The molecule has 0 aromatic heterocycles. The third-order valence-corrected chi connectivity index (χ3v) is 1.96. The average Bonchev–Trinajstić information content (AvgIpc) is 2.19. The van der Waals surface area contributed by atoms with Crippen molar-refractivity contribution in [3.05, 3.63) is 12.0 Å². The Morgan fingerprint density at radius 3 is 2.62 bits per heavy atom. The number of nitrogens with zero attached hydrogens (tertiary/aromatic N) is 1. The van der Waals surface area contributed by atoms with Crippen molar-refractivity contribution in [2.45, 2.75) is 32.8 Å². The van der Waals surface area contributed by atoms with E-state index < -0.39 is 0 Å². The fraction of sp³-hybridized carbons (Fsp3) is 0.700. The van der Waals surface area contributed by atoms with Gasteiger partial charge in [-0.3, -0.25) is 0 Å². The molecular weight excluding hydrogens is 166 g/mol. The minimum atomic E-state index is 0.281. The van der Waals surface area contributed by atoms with E-state index in [1.54, 1.807) is 6.21 Å². The topological polar surface area (TPSA) is 30.8 Å². The Morgan fingerprint density at radius 1 is 1.38 bits per heavy atom. The summed E-state index contributed by atoms with van der Waals surface area (Å²) in [5.74, 6) is 0.717. The van der Waals surface area contributed by atoms with Gasteiger partial charge in [0.1, 0.15) is 6.10 Å². The van der Waals surface area contributed by atoms with E-state index in [1.807, 2.05) is 19.9 Å². The van der Waals surface area contributed by atoms with Gasteiger partial charge in [0.05, 0.1) is 13.2 Å². The monoisotopic (exact) mass is 183 g/mol. The maximum atomic E-state index is 5.66. The zero-order valence-electron chi connectivity index (χ0n) is 8.32. The van der Waals surface area contributed by atoms with Gasteiger partial charge in [-0.2, -0.15) is 0 Å². The van der Waals surface area contributed by atoms with E-state index in [0.29, 0.717) is 0 Å². The maximum absolute atomic E-state index is 5.66. The minimum absolute atomic E-state index is 0.281. The summed E-state index contributed by atoms with van der Waals surface area (Å²) in [6.07, 6.45) is 5.85. The maximum Gasteiger partial charge on any atom is 0.208 e. The molecule has 0 N–H and O–H groups in total. The summed E-state index contributed by atoms with van der Waals surface area (Å²) in [5, 5.41) is 0. The summed E-state index contributed by atoms with van der Waals surface area (Å²) in [6, 6.07) is 0. The summed E-state index contributed by atoms with van der Waals surface area (Å²) in [4.78, 5) is 4.11. The van der Waals surface area contributed by atoms with Crippen LogP contribution in [0.5, 0.6) is 0 Å². The van der Waals surface area contributed by atoms with Crippen molar-refractivity contribution < 1.29 is 9.47 Å². The Morgan fingerprint density at radius 2 is 2.08 bits per heavy atom. The van der Waals surface area contributed by atoms with Crippen molar-refractivity contribution >= 4 is 6.21 Å². The normalized spacial score (nSPS) is 20.9. The number of aliphatic imine (C=N–C) groups is 1. The Kier molecular flexibility index (Phi) is 4.54. The fourth-order valence-corrected chi connectivity index (χ4v) is 1.26. The van der Waals surface area contributed by atoms with Crippen molar-refractivity contribution in [3.8, 4) is 0 Å². The van der Waals surface area contributed by atoms with E-state index in [2.05, 4.69) is 4.99 Å². The van der Waals surface area contributed by atoms with Gasteiger partial charge in [0.25, 0.3) is 0 Å². The first-order valence-corrected chi connectivity index (χ1v) is 4.76. The molecule has 1 saturated heterocycles. The lowest BCUT2D eigenvalue weighted by Crippen LogP contribution is -2.22. The summed E-state index contributed by atoms with van der Waals surface area (Å²) in [6.45, 7) is 5.42. The van der Waals surface area contributed by atoms with Crippen LogP contribution in [-0.4, -0.2) is 25.5 Å². The zero-order chi connectivity index (χ0) is 9.52. The van der Waals surface area contributed by atoms with Crippen LogP contribution >= 0.6 is 0 Å². The predicted molar refractivity (Wildman–Crippen MR) is 52.8 cm³/mol. The van der Waals surface area contributed by atoms with Gasteiger partial charge in [0.2, 0.25) is 5.88 Å². The molecule has 0 aromatic carbocycles. The quantitative estimate of drug-likeness (QED) is 0.495. The molecule has 1 heterocycles. The number of allylic oxidation sites excluding steroid dienone is 1. The highest BCUT2D eigenvalue weighted by Crippen LogP contribution is 2.14. The first-order chi connectivity index (χ1) is 6.36. The lowest BCUT2D eigenvalue weighted by Gasteiger charge is -2.23. The first kappa shape index (κ1) is 10.3. The van der Waals surface area contributed by atoms with E-state index in [4.69, 9.17) is 9.47 Å². The molecule has 0 radical (unpaired) electrons. The Hall–Kier alpha value is -0.830. The van der Waals surface area contributed by atoms with Crippen LogP contribution < -0.4 is 0 Å². The van der Waals surface area contributed by atoms with Gasteiger partial charge < -0.3 is 9.47 Å². The smallest absolute Gasteiger partial charge is 0.208 e. The van der Waals surface area contributed by atoms with Gasteiger partial charge in [-0.05, 0) is 19.9 Å². The molecule has 1 aliphatic heterocycles. The molecule has 13 heavy (non-hydrogen) atoms. The average molecular weight is 183 g/mol. The highest BCUT2D eigenvalue weighted by molar-refractivity contribution is 5.54. The molecule has 0 bridgehead atoms. The first-order valence-electron chi connectivity index (χ1n) is 4.76. The predicted octanol–water partition coefficient (Wildman–Crippen LogP) is 2.13. The van der Waals surface area contributed by atoms with Gasteiger partial charge in [-0.15, -0.1) is 0 Å². The van der Waals surface area contributed by atoms with Crippen molar-refractivity contribution in [1.29, 1.82) is 0 Å². The zero-order valence-corrected chi connectivity index (χ0v) is 8.32. The van der Waals surface area contributed by atoms with Gasteiger partial charge in [0, 0.05) is 19.1 Å². The third kappa shape index (κ3) is 3.59. The number of ether oxygens (including phenoxy) is 2. The van der Waals surface area contributed by atoms with Crippen LogP contribution in [0.2, 0.25) is 0 Å². The molecule has 0 amide bonds. The van der Waals surface area contributed by atoms with Crippen molar-refractivity contribution in [1.82, 2.24) is 0 Å².